The number of hydrogen-bond acceptors (Lipinski definition) is 2. The predicted molar refractivity (Wildman–Crippen MR) is 68.9 cm³/mol. The van der Waals surface area contributed by atoms with E-state index in [1.807, 2.05) is 7.05 Å². The van der Waals surface area contributed by atoms with Crippen molar-refractivity contribution >= 4 is 5.91 Å². The fourth-order valence-corrected chi connectivity index (χ4v) is 2.36. The summed E-state index contributed by atoms with van der Waals surface area (Å²) in [7, 11) is 1.87. The molecule has 0 heterocycles. The maximum Gasteiger partial charge on any atom is 0.221 e. The molecule has 0 fully saturated rings. The van der Waals surface area contributed by atoms with Gasteiger partial charge in [0.25, 0.3) is 0 Å². The maximum atomic E-state index is 11.6. The lowest BCUT2D eigenvalue weighted by Crippen LogP contribution is -2.39. The minimum Gasteiger partial charge on any atom is -0.353 e. The van der Waals surface area contributed by atoms with Gasteiger partial charge in [0.15, 0.2) is 0 Å². The van der Waals surface area contributed by atoms with Crippen LogP contribution in [0.25, 0.3) is 0 Å². The molecule has 3 nitrogen and oxygen atoms in total. The Labute approximate surface area is 103 Å². The van der Waals surface area contributed by atoms with Gasteiger partial charge in [-0.25, -0.2) is 0 Å². The summed E-state index contributed by atoms with van der Waals surface area (Å²) in [4.78, 5) is 11.6. The third-order valence-corrected chi connectivity index (χ3v) is 3.31. The van der Waals surface area contributed by atoms with Gasteiger partial charge in [0.05, 0.1) is 0 Å². The molecule has 0 aromatic heterocycles. The van der Waals surface area contributed by atoms with Gasteiger partial charge in [-0.05, 0) is 37.4 Å². The number of nitrogens with one attached hydrogen (secondary N) is 2. The van der Waals surface area contributed by atoms with Crippen LogP contribution in [0.15, 0.2) is 24.3 Å². The van der Waals surface area contributed by atoms with Crippen molar-refractivity contribution in [2.24, 2.45) is 0 Å². The highest BCUT2D eigenvalue weighted by molar-refractivity contribution is 5.76. The largest absolute Gasteiger partial charge is 0.353 e. The van der Waals surface area contributed by atoms with Crippen LogP contribution in [0, 0.1) is 0 Å². The summed E-state index contributed by atoms with van der Waals surface area (Å²) in [5.41, 5.74) is 2.82. The van der Waals surface area contributed by atoms with Crippen LogP contribution in [0.3, 0.4) is 0 Å². The van der Waals surface area contributed by atoms with Gasteiger partial charge in [-0.3, -0.25) is 4.79 Å². The van der Waals surface area contributed by atoms with Crippen molar-refractivity contribution in [3.63, 3.8) is 0 Å². The van der Waals surface area contributed by atoms with Crippen LogP contribution in [0.4, 0.5) is 0 Å². The molecule has 0 bridgehead atoms. The summed E-state index contributed by atoms with van der Waals surface area (Å²) >= 11 is 0. The molecule has 2 rings (SSSR count). The van der Waals surface area contributed by atoms with Gasteiger partial charge in [0, 0.05) is 19.0 Å². The van der Waals surface area contributed by atoms with E-state index in [9.17, 15) is 4.79 Å². The Morgan fingerprint density at radius 3 is 2.88 bits per heavy atom. The molecule has 17 heavy (non-hydrogen) atoms. The number of rotatable bonds is 4. The van der Waals surface area contributed by atoms with Crippen LogP contribution in [0.2, 0.25) is 0 Å². The second-order valence-electron chi connectivity index (χ2n) is 4.63. The molecule has 1 atom stereocenters. The Morgan fingerprint density at radius 2 is 2.12 bits per heavy atom. The molecule has 1 aliphatic rings. The number of fused-ring (bicyclic) bond motifs is 1. The van der Waals surface area contributed by atoms with Crippen molar-refractivity contribution in [1.29, 1.82) is 0 Å². The standard InChI is InChI=1S/C14H20N2O/c1-15-9-8-14(17)16-13-7-6-11-4-2-3-5-12(11)10-13/h2-5,13,15H,6-10H2,1H3,(H,16,17). The zero-order chi connectivity index (χ0) is 12.1. The number of benzene rings is 1. The third kappa shape index (κ3) is 3.30. The maximum absolute atomic E-state index is 11.6. The van der Waals surface area contributed by atoms with Crippen molar-refractivity contribution < 1.29 is 4.79 Å². The first kappa shape index (κ1) is 12.1. The smallest absolute Gasteiger partial charge is 0.221 e. The van der Waals surface area contributed by atoms with Crippen molar-refractivity contribution in [2.75, 3.05) is 13.6 Å². The molecule has 1 aromatic carbocycles. The van der Waals surface area contributed by atoms with E-state index in [2.05, 4.69) is 34.9 Å². The van der Waals surface area contributed by atoms with E-state index in [0.717, 1.165) is 25.8 Å². The summed E-state index contributed by atoms with van der Waals surface area (Å²) in [5, 5.41) is 6.11. The highest BCUT2D eigenvalue weighted by atomic mass is 16.1. The number of aryl methyl sites for hydroxylation is 1. The van der Waals surface area contributed by atoms with Gasteiger partial charge in [-0.15, -0.1) is 0 Å². The SMILES string of the molecule is CNCCC(=O)NC1CCc2ccccc2C1. The number of carbonyl (C=O) groups is 1. The average molecular weight is 232 g/mol. The molecule has 1 amide bonds. The molecule has 0 spiro atoms. The third-order valence-electron chi connectivity index (χ3n) is 3.31. The highest BCUT2D eigenvalue weighted by Gasteiger charge is 2.19. The fourth-order valence-electron chi connectivity index (χ4n) is 2.36. The molecule has 0 saturated heterocycles. The first-order chi connectivity index (χ1) is 8.29. The van der Waals surface area contributed by atoms with Crippen LogP contribution in [0.5, 0.6) is 0 Å². The lowest BCUT2D eigenvalue weighted by molar-refractivity contribution is -0.121. The Kier molecular flexibility index (Phi) is 4.15. The van der Waals surface area contributed by atoms with Gasteiger partial charge < -0.3 is 10.6 Å². The van der Waals surface area contributed by atoms with Gasteiger partial charge in [0.1, 0.15) is 0 Å². The van der Waals surface area contributed by atoms with Crippen LogP contribution in [0.1, 0.15) is 24.0 Å². The molecule has 1 aliphatic carbocycles. The molecule has 0 radical (unpaired) electrons. The molecular weight excluding hydrogens is 212 g/mol. The Bertz CT molecular complexity index is 390. The van der Waals surface area contributed by atoms with Gasteiger partial charge >= 0.3 is 0 Å². The van der Waals surface area contributed by atoms with E-state index in [-0.39, 0.29) is 5.91 Å². The number of amides is 1. The topological polar surface area (TPSA) is 41.1 Å². The minimum atomic E-state index is 0.156. The second-order valence-corrected chi connectivity index (χ2v) is 4.63. The predicted octanol–water partition coefficient (Wildman–Crippen LogP) is 1.27. The Morgan fingerprint density at radius 1 is 1.35 bits per heavy atom. The number of hydrogen-bond donors (Lipinski definition) is 2. The van der Waals surface area contributed by atoms with E-state index in [0.29, 0.717) is 12.5 Å². The van der Waals surface area contributed by atoms with Crippen LogP contribution < -0.4 is 10.6 Å². The Balaban J connectivity index is 1.88. The second kappa shape index (κ2) is 5.82. The zero-order valence-electron chi connectivity index (χ0n) is 10.3. The van der Waals surface area contributed by atoms with Gasteiger partial charge in [0.2, 0.25) is 5.91 Å². The van der Waals surface area contributed by atoms with E-state index < -0.39 is 0 Å². The fraction of sp³-hybridized carbons (Fsp3) is 0.500. The minimum absolute atomic E-state index is 0.156. The normalized spacial score (nSPS) is 18.5. The monoisotopic (exact) mass is 232 g/mol. The quantitative estimate of drug-likeness (QED) is 0.821. The molecule has 1 unspecified atom stereocenters. The van der Waals surface area contributed by atoms with Crippen LogP contribution >= 0.6 is 0 Å². The van der Waals surface area contributed by atoms with Crippen LogP contribution in [-0.4, -0.2) is 25.5 Å². The van der Waals surface area contributed by atoms with Gasteiger partial charge in [-0.2, -0.15) is 0 Å². The summed E-state index contributed by atoms with van der Waals surface area (Å²) in [6, 6.07) is 8.83. The van der Waals surface area contributed by atoms with Crippen molar-refractivity contribution in [1.82, 2.24) is 10.6 Å². The highest BCUT2D eigenvalue weighted by Crippen LogP contribution is 2.20. The molecule has 1 aromatic rings. The van der Waals surface area contributed by atoms with E-state index in [4.69, 9.17) is 0 Å². The van der Waals surface area contributed by atoms with Crippen LogP contribution in [-0.2, 0) is 17.6 Å². The summed E-state index contributed by atoms with van der Waals surface area (Å²) in [5.74, 6) is 0.156. The number of carbonyl (C=O) groups excluding carboxylic acids is 1. The van der Waals surface area contributed by atoms with Crippen molar-refractivity contribution in [2.45, 2.75) is 31.7 Å². The molecular formula is C14H20N2O. The van der Waals surface area contributed by atoms with Crippen molar-refractivity contribution in [3.05, 3.63) is 35.4 Å². The lowest BCUT2D eigenvalue weighted by atomic mass is 9.88. The molecule has 0 saturated carbocycles. The molecule has 0 aliphatic heterocycles. The average Bonchev–Trinajstić information content (AvgIpc) is 2.36. The molecule has 3 heteroatoms. The van der Waals surface area contributed by atoms with Crippen molar-refractivity contribution in [3.8, 4) is 0 Å². The summed E-state index contributed by atoms with van der Waals surface area (Å²) < 4.78 is 0. The first-order valence-electron chi connectivity index (χ1n) is 6.30. The summed E-state index contributed by atoms with van der Waals surface area (Å²) in [6.07, 6.45) is 3.67. The first-order valence-corrected chi connectivity index (χ1v) is 6.30. The summed E-state index contributed by atoms with van der Waals surface area (Å²) in [6.45, 7) is 0.745. The van der Waals surface area contributed by atoms with Gasteiger partial charge in [-0.1, -0.05) is 24.3 Å². The zero-order valence-corrected chi connectivity index (χ0v) is 10.3. The van der Waals surface area contributed by atoms with E-state index >= 15 is 0 Å². The lowest BCUT2D eigenvalue weighted by Gasteiger charge is -2.25. The van der Waals surface area contributed by atoms with E-state index in [1.165, 1.54) is 11.1 Å². The van der Waals surface area contributed by atoms with E-state index in [1.54, 1.807) is 0 Å². The Hall–Kier alpha value is -1.35. The molecule has 92 valence electrons. The molecule has 2 N–H and O–H groups in total.